The lowest BCUT2D eigenvalue weighted by atomic mass is 9.95. The predicted molar refractivity (Wildman–Crippen MR) is 105 cm³/mol. The normalized spacial score (nSPS) is 23.2. The van der Waals surface area contributed by atoms with E-state index in [9.17, 15) is 4.79 Å². The van der Waals surface area contributed by atoms with E-state index in [-0.39, 0.29) is 12.5 Å². The molecule has 26 heavy (non-hydrogen) atoms. The summed E-state index contributed by atoms with van der Waals surface area (Å²) in [6.45, 7) is 10.9. The van der Waals surface area contributed by atoms with Crippen molar-refractivity contribution in [3.05, 3.63) is 29.8 Å². The van der Waals surface area contributed by atoms with Crippen LogP contribution >= 0.6 is 0 Å². The average molecular weight is 360 g/mol. The first-order valence-corrected chi connectivity index (χ1v) is 9.91. The first-order valence-electron chi connectivity index (χ1n) is 9.91. The van der Waals surface area contributed by atoms with E-state index in [1.807, 2.05) is 36.1 Å². The zero-order valence-corrected chi connectivity index (χ0v) is 16.5. The Bertz CT molecular complexity index is 581. The molecule has 2 fully saturated rings. The van der Waals surface area contributed by atoms with Gasteiger partial charge in [0.2, 0.25) is 0 Å². The molecule has 1 atom stereocenters. The molecule has 1 aromatic carbocycles. The number of likely N-dealkylation sites (tertiary alicyclic amines) is 1. The largest absolute Gasteiger partial charge is 0.484 e. The van der Waals surface area contributed by atoms with Gasteiger partial charge in [0, 0.05) is 45.3 Å². The van der Waals surface area contributed by atoms with Crippen LogP contribution in [0.2, 0.25) is 0 Å². The van der Waals surface area contributed by atoms with E-state index < -0.39 is 0 Å². The monoisotopic (exact) mass is 359 g/mol. The molecule has 0 N–H and O–H groups in total. The highest BCUT2D eigenvalue weighted by molar-refractivity contribution is 5.77. The zero-order valence-electron chi connectivity index (χ0n) is 16.5. The number of benzene rings is 1. The van der Waals surface area contributed by atoms with Gasteiger partial charge in [0.05, 0.1) is 0 Å². The van der Waals surface area contributed by atoms with Gasteiger partial charge in [-0.25, -0.2) is 0 Å². The van der Waals surface area contributed by atoms with Crippen LogP contribution in [0.1, 0.15) is 25.3 Å². The van der Waals surface area contributed by atoms with E-state index in [0.717, 1.165) is 44.8 Å². The molecule has 2 heterocycles. The number of carbonyl (C=O) groups excluding carboxylic acids is 1. The van der Waals surface area contributed by atoms with Crippen molar-refractivity contribution in [2.24, 2.45) is 5.92 Å². The highest BCUT2D eigenvalue weighted by atomic mass is 16.5. The van der Waals surface area contributed by atoms with Gasteiger partial charge in [0.1, 0.15) is 5.75 Å². The summed E-state index contributed by atoms with van der Waals surface area (Å²) in [6, 6.07) is 8.49. The Morgan fingerprint density at radius 1 is 1.12 bits per heavy atom. The lowest BCUT2D eigenvalue weighted by molar-refractivity contribution is -0.134. The molecule has 3 rings (SSSR count). The van der Waals surface area contributed by atoms with Crippen molar-refractivity contribution < 1.29 is 9.53 Å². The molecule has 5 nitrogen and oxygen atoms in total. The molecule has 1 aromatic rings. The number of hydrogen-bond acceptors (Lipinski definition) is 4. The maximum atomic E-state index is 12.4. The van der Waals surface area contributed by atoms with Gasteiger partial charge in [-0.15, -0.1) is 0 Å². The minimum Gasteiger partial charge on any atom is -0.484 e. The molecule has 1 unspecified atom stereocenters. The topological polar surface area (TPSA) is 36.0 Å². The van der Waals surface area contributed by atoms with Crippen LogP contribution in [0.4, 0.5) is 0 Å². The highest BCUT2D eigenvalue weighted by Gasteiger charge is 2.28. The van der Waals surface area contributed by atoms with Crippen molar-refractivity contribution in [2.45, 2.75) is 32.7 Å². The third kappa shape index (κ3) is 5.21. The Morgan fingerprint density at radius 3 is 2.46 bits per heavy atom. The minimum atomic E-state index is 0.108. The van der Waals surface area contributed by atoms with E-state index in [4.69, 9.17) is 4.74 Å². The third-order valence-corrected chi connectivity index (χ3v) is 5.81. The van der Waals surface area contributed by atoms with Gasteiger partial charge in [0.25, 0.3) is 5.91 Å². The maximum absolute atomic E-state index is 12.4. The number of aryl methyl sites for hydroxylation is 1. The van der Waals surface area contributed by atoms with Crippen LogP contribution in [0, 0.1) is 12.8 Å². The molecule has 0 saturated carbocycles. The van der Waals surface area contributed by atoms with Crippen LogP contribution in [0.5, 0.6) is 5.75 Å². The Kier molecular flexibility index (Phi) is 6.54. The molecular formula is C21H33N3O2. The molecule has 0 radical (unpaired) electrons. The second-order valence-corrected chi connectivity index (χ2v) is 8.03. The van der Waals surface area contributed by atoms with Crippen LogP contribution in [-0.4, -0.2) is 79.6 Å². The first-order chi connectivity index (χ1) is 12.5. The van der Waals surface area contributed by atoms with E-state index in [2.05, 4.69) is 23.8 Å². The lowest BCUT2D eigenvalue weighted by Crippen LogP contribution is -2.52. The maximum Gasteiger partial charge on any atom is 0.260 e. The molecule has 0 aromatic heterocycles. The van der Waals surface area contributed by atoms with Gasteiger partial charge < -0.3 is 14.5 Å². The number of likely N-dealkylation sites (N-methyl/N-ethyl adjacent to an activating group) is 1. The summed E-state index contributed by atoms with van der Waals surface area (Å²) < 4.78 is 5.64. The minimum absolute atomic E-state index is 0.108. The number of carbonyl (C=O) groups is 1. The Labute approximate surface area is 157 Å². The van der Waals surface area contributed by atoms with Gasteiger partial charge in [0.15, 0.2) is 6.61 Å². The Hall–Kier alpha value is -1.59. The third-order valence-electron chi connectivity index (χ3n) is 5.81. The fourth-order valence-corrected chi connectivity index (χ4v) is 4.02. The molecule has 0 bridgehead atoms. The Balaban J connectivity index is 1.39. The van der Waals surface area contributed by atoms with Crippen molar-refractivity contribution in [3.63, 3.8) is 0 Å². The number of piperidine rings is 1. The average Bonchev–Trinajstić information content (AvgIpc) is 2.64. The second-order valence-electron chi connectivity index (χ2n) is 8.03. The molecule has 2 saturated heterocycles. The van der Waals surface area contributed by atoms with Gasteiger partial charge in [-0.1, -0.05) is 17.7 Å². The highest BCUT2D eigenvalue weighted by Crippen LogP contribution is 2.21. The molecule has 144 valence electrons. The molecule has 2 aliphatic heterocycles. The summed E-state index contributed by atoms with van der Waals surface area (Å²) in [5, 5.41) is 0. The molecule has 0 spiro atoms. The van der Waals surface area contributed by atoms with Crippen molar-refractivity contribution in [3.8, 4) is 5.75 Å². The van der Waals surface area contributed by atoms with E-state index in [1.165, 1.54) is 18.7 Å². The van der Waals surface area contributed by atoms with Crippen molar-refractivity contribution in [1.29, 1.82) is 0 Å². The molecule has 1 amide bonds. The number of amides is 1. The van der Waals surface area contributed by atoms with Crippen LogP contribution in [-0.2, 0) is 4.79 Å². The van der Waals surface area contributed by atoms with Gasteiger partial charge in [-0.05, 0) is 51.8 Å². The Morgan fingerprint density at radius 2 is 1.81 bits per heavy atom. The lowest BCUT2D eigenvalue weighted by Gasteiger charge is -2.41. The van der Waals surface area contributed by atoms with Gasteiger partial charge in [-0.2, -0.15) is 0 Å². The second kappa shape index (κ2) is 8.87. The first kappa shape index (κ1) is 19.2. The van der Waals surface area contributed by atoms with Crippen LogP contribution < -0.4 is 4.74 Å². The molecule has 5 heteroatoms. The van der Waals surface area contributed by atoms with Crippen LogP contribution in [0.3, 0.4) is 0 Å². The summed E-state index contributed by atoms with van der Waals surface area (Å²) in [5.74, 6) is 1.59. The molecular weight excluding hydrogens is 326 g/mol. The number of nitrogens with zero attached hydrogens (tertiary/aromatic N) is 3. The van der Waals surface area contributed by atoms with E-state index >= 15 is 0 Å². The van der Waals surface area contributed by atoms with Crippen LogP contribution in [0.25, 0.3) is 0 Å². The molecule has 0 aliphatic carbocycles. The van der Waals surface area contributed by atoms with Crippen LogP contribution in [0.15, 0.2) is 24.3 Å². The SMILES string of the molecule is Cc1ccc(OCC(=O)N2CCC(CN3CCN(C)CC3C)CC2)cc1. The number of hydrogen-bond donors (Lipinski definition) is 0. The quantitative estimate of drug-likeness (QED) is 0.808. The van der Waals surface area contributed by atoms with E-state index in [1.54, 1.807) is 0 Å². The summed E-state index contributed by atoms with van der Waals surface area (Å²) in [4.78, 5) is 19.4. The number of rotatable bonds is 5. The van der Waals surface area contributed by atoms with Gasteiger partial charge in [-0.3, -0.25) is 9.69 Å². The van der Waals surface area contributed by atoms with E-state index in [0.29, 0.717) is 12.0 Å². The summed E-state index contributed by atoms with van der Waals surface area (Å²) in [7, 11) is 2.20. The van der Waals surface area contributed by atoms with Crippen molar-refractivity contribution in [2.75, 3.05) is 52.9 Å². The smallest absolute Gasteiger partial charge is 0.260 e. The predicted octanol–water partition coefficient (Wildman–Crippen LogP) is 2.25. The zero-order chi connectivity index (χ0) is 18.5. The summed E-state index contributed by atoms with van der Waals surface area (Å²) in [5.41, 5.74) is 1.19. The van der Waals surface area contributed by atoms with Crippen molar-refractivity contribution >= 4 is 5.91 Å². The number of ether oxygens (including phenoxy) is 1. The fourth-order valence-electron chi connectivity index (χ4n) is 4.02. The summed E-state index contributed by atoms with van der Waals surface area (Å²) >= 11 is 0. The fraction of sp³-hybridized carbons (Fsp3) is 0.667. The molecule has 2 aliphatic rings. The van der Waals surface area contributed by atoms with Crippen molar-refractivity contribution in [1.82, 2.24) is 14.7 Å². The number of piperazine rings is 1. The standard InChI is InChI=1S/C21H33N3O2/c1-17-4-6-20(7-5-17)26-16-21(25)23-10-8-19(9-11-23)15-24-13-12-22(3)14-18(24)2/h4-7,18-19H,8-16H2,1-3H3. The summed E-state index contributed by atoms with van der Waals surface area (Å²) in [6.07, 6.45) is 2.21. The van der Waals surface area contributed by atoms with Gasteiger partial charge >= 0.3 is 0 Å².